The summed E-state index contributed by atoms with van der Waals surface area (Å²) >= 11 is 0. The molecule has 1 aromatic rings. The lowest BCUT2D eigenvalue weighted by molar-refractivity contribution is 0.0279. The Morgan fingerprint density at radius 1 is 1.27 bits per heavy atom. The van der Waals surface area contributed by atoms with Crippen LogP contribution in [0, 0.1) is 0 Å². The zero-order valence-electron chi connectivity index (χ0n) is 6.06. The molecule has 4 heteroatoms. The molecule has 1 aromatic carbocycles. The third kappa shape index (κ3) is 1.60. The van der Waals surface area contributed by atoms with Crippen molar-refractivity contribution in [1.82, 2.24) is 0 Å². The molecule has 0 aliphatic rings. The highest BCUT2D eigenvalue weighted by molar-refractivity contribution is 5.54. The van der Waals surface area contributed by atoms with Gasteiger partial charge in [0.05, 0.1) is 7.11 Å². The summed E-state index contributed by atoms with van der Waals surface area (Å²) in [4.78, 5) is 0. The van der Waals surface area contributed by atoms with Gasteiger partial charge < -0.3 is 4.74 Å². The van der Waals surface area contributed by atoms with Gasteiger partial charge in [-0.25, -0.2) is 0 Å². The fraction of sp³-hybridized carbons (Fsp3) is 0.143. The molecule has 2 N–H and O–H groups in total. The molecule has 0 saturated heterocycles. The lowest BCUT2D eigenvalue weighted by atomic mass is 10.3. The first-order valence-electron chi connectivity index (χ1n) is 3.06. The summed E-state index contributed by atoms with van der Waals surface area (Å²) in [6.45, 7) is 0. The molecule has 0 heterocycles. The maximum atomic E-state index is 8.64. The van der Waals surface area contributed by atoms with Gasteiger partial charge in [-0.3, -0.25) is 10.4 Å². The molecular weight excluding hydrogens is 146 g/mol. The van der Waals surface area contributed by atoms with Crippen LogP contribution in [-0.2, 0) is 0 Å². The Hall–Kier alpha value is -1.26. The molecule has 60 valence electrons. The van der Waals surface area contributed by atoms with Crippen LogP contribution in [0.3, 0.4) is 0 Å². The number of methoxy groups -OCH3 is 1. The first-order valence-corrected chi connectivity index (χ1v) is 3.06. The molecule has 0 atom stereocenters. The summed E-state index contributed by atoms with van der Waals surface area (Å²) in [7, 11) is 1.46. The lowest BCUT2D eigenvalue weighted by Gasteiger charge is -2.11. The number of anilines is 1. The molecule has 0 amide bonds. The molecule has 0 saturated carbocycles. The van der Waals surface area contributed by atoms with Crippen LogP contribution in [0.1, 0.15) is 0 Å². The van der Waals surface area contributed by atoms with Crippen molar-refractivity contribution in [3.63, 3.8) is 0 Å². The van der Waals surface area contributed by atoms with Crippen LogP contribution in [0.5, 0.6) is 5.75 Å². The van der Waals surface area contributed by atoms with E-state index in [0.29, 0.717) is 5.75 Å². The van der Waals surface area contributed by atoms with Crippen molar-refractivity contribution in [2.45, 2.75) is 0 Å². The SMILES string of the molecule is COc1ccccc1N(O)O. The number of nitrogens with zero attached hydrogens (tertiary/aromatic N) is 1. The third-order valence-electron chi connectivity index (χ3n) is 1.30. The van der Waals surface area contributed by atoms with E-state index in [4.69, 9.17) is 15.2 Å². The van der Waals surface area contributed by atoms with E-state index in [1.54, 1.807) is 18.2 Å². The van der Waals surface area contributed by atoms with E-state index in [1.165, 1.54) is 13.2 Å². The van der Waals surface area contributed by atoms with E-state index in [-0.39, 0.29) is 10.9 Å². The van der Waals surface area contributed by atoms with E-state index < -0.39 is 0 Å². The molecule has 0 aliphatic carbocycles. The van der Waals surface area contributed by atoms with Crippen molar-refractivity contribution in [3.8, 4) is 5.75 Å². The summed E-state index contributed by atoms with van der Waals surface area (Å²) < 4.78 is 4.84. The number of para-hydroxylation sites is 2. The minimum Gasteiger partial charge on any atom is -0.494 e. The van der Waals surface area contributed by atoms with Gasteiger partial charge in [-0.05, 0) is 12.1 Å². The van der Waals surface area contributed by atoms with Crippen molar-refractivity contribution in [1.29, 1.82) is 0 Å². The summed E-state index contributed by atoms with van der Waals surface area (Å²) in [6, 6.07) is 6.58. The Balaban J connectivity index is 3.02. The number of ether oxygens (including phenoxy) is 1. The average molecular weight is 155 g/mol. The molecule has 0 bridgehead atoms. The molecule has 0 fully saturated rings. The Bertz CT molecular complexity index is 237. The van der Waals surface area contributed by atoms with Crippen LogP contribution < -0.4 is 9.96 Å². The molecular formula is C7H9NO3. The van der Waals surface area contributed by atoms with Crippen LogP contribution in [0.2, 0.25) is 0 Å². The highest BCUT2D eigenvalue weighted by atomic mass is 16.8. The van der Waals surface area contributed by atoms with Crippen molar-refractivity contribution in [2.24, 2.45) is 0 Å². The standard InChI is InChI=1S/C7H9NO3/c1-11-7-5-3-2-4-6(7)8(9)10/h2-5,9-10H,1H3. The zero-order chi connectivity index (χ0) is 8.27. The highest BCUT2D eigenvalue weighted by Gasteiger charge is 2.04. The Kier molecular flexibility index (Phi) is 2.30. The first-order chi connectivity index (χ1) is 5.25. The van der Waals surface area contributed by atoms with Gasteiger partial charge in [-0.15, -0.1) is 5.23 Å². The van der Waals surface area contributed by atoms with Crippen LogP contribution in [0.25, 0.3) is 0 Å². The van der Waals surface area contributed by atoms with E-state index in [0.717, 1.165) is 0 Å². The van der Waals surface area contributed by atoms with E-state index in [1.807, 2.05) is 0 Å². The van der Waals surface area contributed by atoms with Gasteiger partial charge in [-0.1, -0.05) is 12.1 Å². The molecule has 11 heavy (non-hydrogen) atoms. The van der Waals surface area contributed by atoms with E-state index in [9.17, 15) is 0 Å². The summed E-state index contributed by atoms with van der Waals surface area (Å²) in [5, 5.41) is 17.3. The van der Waals surface area contributed by atoms with Crippen molar-refractivity contribution >= 4 is 5.69 Å². The van der Waals surface area contributed by atoms with Crippen molar-refractivity contribution < 1.29 is 15.2 Å². The topological polar surface area (TPSA) is 52.9 Å². The Morgan fingerprint density at radius 3 is 2.36 bits per heavy atom. The molecule has 1 rings (SSSR count). The largest absolute Gasteiger partial charge is 0.494 e. The molecule has 4 nitrogen and oxygen atoms in total. The van der Waals surface area contributed by atoms with Gasteiger partial charge in [0.1, 0.15) is 11.4 Å². The summed E-state index contributed by atoms with van der Waals surface area (Å²) in [5.74, 6) is 0.414. The number of hydrogen-bond donors (Lipinski definition) is 2. The maximum absolute atomic E-state index is 8.64. The second kappa shape index (κ2) is 3.23. The Morgan fingerprint density at radius 2 is 1.91 bits per heavy atom. The summed E-state index contributed by atoms with van der Waals surface area (Å²) in [5.41, 5.74) is 0.218. The Labute approximate surface area is 64.2 Å². The predicted octanol–water partition coefficient (Wildman–Crippen LogP) is 1.28. The fourth-order valence-electron chi connectivity index (χ4n) is 0.795. The number of benzene rings is 1. The monoisotopic (exact) mass is 155 g/mol. The second-order valence-corrected chi connectivity index (χ2v) is 1.96. The first kappa shape index (κ1) is 7.84. The highest BCUT2D eigenvalue weighted by Crippen LogP contribution is 2.24. The molecule has 0 radical (unpaired) electrons. The molecule has 0 aliphatic heterocycles. The van der Waals surface area contributed by atoms with E-state index in [2.05, 4.69) is 0 Å². The van der Waals surface area contributed by atoms with Crippen molar-refractivity contribution in [2.75, 3.05) is 12.3 Å². The van der Waals surface area contributed by atoms with Gasteiger partial charge in [0.15, 0.2) is 0 Å². The van der Waals surface area contributed by atoms with Crippen LogP contribution in [0.4, 0.5) is 5.69 Å². The normalized spacial score (nSPS) is 9.36. The minimum atomic E-state index is 0.0266. The van der Waals surface area contributed by atoms with E-state index >= 15 is 0 Å². The molecule has 0 spiro atoms. The smallest absolute Gasteiger partial charge is 0.147 e. The quantitative estimate of drug-likeness (QED) is 0.631. The number of hydrogen-bond acceptors (Lipinski definition) is 4. The van der Waals surface area contributed by atoms with Gasteiger partial charge in [0, 0.05) is 0 Å². The maximum Gasteiger partial charge on any atom is 0.147 e. The van der Waals surface area contributed by atoms with Gasteiger partial charge >= 0.3 is 0 Å². The summed E-state index contributed by atoms with van der Waals surface area (Å²) in [6.07, 6.45) is 0. The minimum absolute atomic E-state index is 0.0266. The van der Waals surface area contributed by atoms with Gasteiger partial charge in [0.2, 0.25) is 0 Å². The third-order valence-corrected chi connectivity index (χ3v) is 1.30. The second-order valence-electron chi connectivity index (χ2n) is 1.96. The lowest BCUT2D eigenvalue weighted by Crippen LogP contribution is -2.11. The van der Waals surface area contributed by atoms with Crippen molar-refractivity contribution in [3.05, 3.63) is 24.3 Å². The molecule has 0 aromatic heterocycles. The van der Waals surface area contributed by atoms with Gasteiger partial charge in [0.25, 0.3) is 0 Å². The van der Waals surface area contributed by atoms with Crippen LogP contribution in [0.15, 0.2) is 24.3 Å². The number of rotatable bonds is 2. The average Bonchev–Trinajstić information content (AvgIpc) is 2.04. The fourth-order valence-corrected chi connectivity index (χ4v) is 0.795. The van der Waals surface area contributed by atoms with Crippen LogP contribution in [-0.4, -0.2) is 17.5 Å². The zero-order valence-corrected chi connectivity index (χ0v) is 6.06. The van der Waals surface area contributed by atoms with Gasteiger partial charge in [-0.2, -0.15) is 0 Å². The molecule has 0 unspecified atom stereocenters. The predicted molar refractivity (Wildman–Crippen MR) is 39.0 cm³/mol. The van der Waals surface area contributed by atoms with Crippen LogP contribution >= 0.6 is 0 Å².